The Kier molecular flexibility index (Phi) is 11.9. The van der Waals surface area contributed by atoms with Crippen LogP contribution in [-0.2, 0) is 31.3 Å². The maximum atomic E-state index is 13.9. The highest BCUT2D eigenvalue weighted by atomic mass is 32.2. The van der Waals surface area contributed by atoms with Crippen LogP contribution in [0, 0.1) is 11.8 Å². The van der Waals surface area contributed by atoms with E-state index in [1.54, 1.807) is 12.1 Å². The monoisotopic (exact) mass is 583 g/mol. The number of rotatable bonds is 15. The third-order valence-corrected chi connectivity index (χ3v) is 10.2. The molecule has 0 heterocycles. The fourth-order valence-corrected chi connectivity index (χ4v) is 6.89. The number of ether oxygens (including phenoxy) is 1. The van der Waals surface area contributed by atoms with E-state index in [0.29, 0.717) is 5.75 Å². The van der Waals surface area contributed by atoms with Gasteiger partial charge in [0.2, 0.25) is 26.0 Å². The Bertz CT molecular complexity index is 1270. The van der Waals surface area contributed by atoms with Crippen LogP contribution in [0.5, 0.6) is 5.75 Å². The lowest BCUT2D eigenvalue weighted by Crippen LogP contribution is -2.53. The largest absolute Gasteiger partial charge is 0.497 e. The number of aliphatic hydroxyl groups excluding tert-OH is 1. The first-order valence-electron chi connectivity index (χ1n) is 12.7. The number of sulfonamides is 2. The van der Waals surface area contributed by atoms with E-state index in [2.05, 4.69) is 5.32 Å². The average molecular weight is 584 g/mol. The molecule has 39 heavy (non-hydrogen) atoms. The number of nitrogens with zero attached hydrogens (tertiary/aromatic N) is 2. The highest BCUT2D eigenvalue weighted by molar-refractivity contribution is 7.89. The number of benzene rings is 2. The molecule has 0 saturated heterocycles. The lowest BCUT2D eigenvalue weighted by atomic mass is 10.00. The number of carbonyl (C=O) groups is 1. The summed E-state index contributed by atoms with van der Waals surface area (Å²) in [5.74, 6) is -1.35. The minimum Gasteiger partial charge on any atom is -0.497 e. The van der Waals surface area contributed by atoms with Crippen molar-refractivity contribution in [3.05, 3.63) is 60.2 Å². The molecule has 0 aliphatic rings. The molecule has 0 aliphatic carbocycles. The van der Waals surface area contributed by atoms with Crippen LogP contribution in [0.4, 0.5) is 0 Å². The second-order valence-corrected chi connectivity index (χ2v) is 14.3. The Morgan fingerprint density at radius 1 is 0.974 bits per heavy atom. The molecule has 12 heteroatoms. The Morgan fingerprint density at radius 3 is 2.08 bits per heavy atom. The molecule has 0 radical (unpaired) electrons. The van der Waals surface area contributed by atoms with E-state index >= 15 is 0 Å². The lowest BCUT2D eigenvalue weighted by molar-refractivity contribution is -0.124. The summed E-state index contributed by atoms with van der Waals surface area (Å²) in [7, 11) is -3.38. The summed E-state index contributed by atoms with van der Waals surface area (Å²) >= 11 is 0. The minimum absolute atomic E-state index is 0.0563. The lowest BCUT2D eigenvalue weighted by Gasteiger charge is -2.35. The Hall–Kier alpha value is -2.51. The van der Waals surface area contributed by atoms with E-state index in [1.807, 2.05) is 44.2 Å². The molecular weight excluding hydrogens is 542 g/mol. The molecule has 2 rings (SSSR count). The van der Waals surface area contributed by atoms with Crippen LogP contribution in [0.1, 0.15) is 26.3 Å². The van der Waals surface area contributed by atoms with Crippen molar-refractivity contribution in [2.75, 3.05) is 40.0 Å². The van der Waals surface area contributed by atoms with Gasteiger partial charge in [0.1, 0.15) is 5.75 Å². The maximum absolute atomic E-state index is 13.9. The molecule has 0 spiro atoms. The summed E-state index contributed by atoms with van der Waals surface area (Å²) in [6.07, 6.45) is -1.08. The van der Waals surface area contributed by atoms with Crippen LogP contribution in [0.3, 0.4) is 0 Å². The smallest absolute Gasteiger partial charge is 0.243 e. The summed E-state index contributed by atoms with van der Waals surface area (Å²) < 4.78 is 59.7. The summed E-state index contributed by atoms with van der Waals surface area (Å²) in [4.78, 5) is 12.8. The number of aliphatic hydroxyl groups is 1. The van der Waals surface area contributed by atoms with Gasteiger partial charge in [-0.25, -0.2) is 21.1 Å². The molecule has 3 atom stereocenters. The molecule has 1 unspecified atom stereocenters. The quantitative estimate of drug-likeness (QED) is 0.327. The topological polar surface area (TPSA) is 133 Å². The van der Waals surface area contributed by atoms with E-state index in [-0.39, 0.29) is 36.1 Å². The third kappa shape index (κ3) is 9.28. The van der Waals surface area contributed by atoms with Crippen molar-refractivity contribution in [3.63, 3.8) is 0 Å². The number of hydrogen-bond donors (Lipinski definition) is 2. The molecule has 2 aromatic rings. The normalized spacial score (nSPS) is 14.8. The SMILES string of the molecule is COc1ccc(S(=O)(=O)N(CC(C)C)C(Cc2ccccc2)[C@H](O)CNC(=O)[C@@H](C)CS(=O)(=O)N(C)C)cc1. The van der Waals surface area contributed by atoms with Gasteiger partial charge < -0.3 is 15.2 Å². The second kappa shape index (κ2) is 14.2. The fraction of sp³-hybridized carbons (Fsp3) is 0.519. The van der Waals surface area contributed by atoms with Gasteiger partial charge in [0.25, 0.3) is 0 Å². The van der Waals surface area contributed by atoms with Gasteiger partial charge in [-0.3, -0.25) is 4.79 Å². The van der Waals surface area contributed by atoms with Gasteiger partial charge in [-0.15, -0.1) is 0 Å². The number of carbonyl (C=O) groups excluding carboxylic acids is 1. The van der Waals surface area contributed by atoms with Crippen LogP contribution in [0.25, 0.3) is 0 Å². The first kappa shape index (κ1) is 32.7. The zero-order valence-electron chi connectivity index (χ0n) is 23.4. The predicted octanol–water partition coefficient (Wildman–Crippen LogP) is 1.96. The summed E-state index contributed by atoms with van der Waals surface area (Å²) in [5.41, 5.74) is 0.817. The number of amides is 1. The standard InChI is InChI=1S/C27H41N3O7S2/c1-20(2)18-30(39(35,36)24-14-12-23(37-6)13-15-24)25(16-22-10-8-7-9-11-22)26(31)17-28-27(32)21(3)19-38(33,34)29(4)5/h7-15,20-21,25-26,31H,16-19H2,1-6H3,(H,28,32)/t21-,25?,26+/m0/s1. The molecule has 0 fully saturated rings. The summed E-state index contributed by atoms with van der Waals surface area (Å²) in [6.45, 7) is 5.14. The van der Waals surface area contributed by atoms with Crippen molar-refractivity contribution < 1.29 is 31.5 Å². The van der Waals surface area contributed by atoms with Crippen LogP contribution in [0.2, 0.25) is 0 Å². The number of nitrogens with one attached hydrogen (secondary N) is 1. The van der Waals surface area contributed by atoms with E-state index in [4.69, 9.17) is 4.74 Å². The van der Waals surface area contributed by atoms with Gasteiger partial charge >= 0.3 is 0 Å². The first-order chi connectivity index (χ1) is 18.2. The summed E-state index contributed by atoms with van der Waals surface area (Å²) in [5, 5.41) is 13.9. The van der Waals surface area contributed by atoms with Gasteiger partial charge in [-0.1, -0.05) is 51.1 Å². The average Bonchev–Trinajstić information content (AvgIpc) is 2.89. The number of methoxy groups -OCH3 is 1. The minimum atomic E-state index is -4.05. The highest BCUT2D eigenvalue weighted by Crippen LogP contribution is 2.25. The van der Waals surface area contributed by atoms with Gasteiger partial charge in [0, 0.05) is 27.2 Å². The van der Waals surface area contributed by atoms with Crippen LogP contribution in [0.15, 0.2) is 59.5 Å². The van der Waals surface area contributed by atoms with Gasteiger partial charge in [0.05, 0.1) is 35.8 Å². The predicted molar refractivity (Wildman–Crippen MR) is 151 cm³/mol. The molecule has 218 valence electrons. The van der Waals surface area contributed by atoms with E-state index in [1.165, 1.54) is 44.6 Å². The van der Waals surface area contributed by atoms with Crippen molar-refractivity contribution in [2.24, 2.45) is 11.8 Å². The number of hydrogen-bond acceptors (Lipinski definition) is 7. The maximum Gasteiger partial charge on any atom is 0.243 e. The molecule has 2 N–H and O–H groups in total. The van der Waals surface area contributed by atoms with E-state index in [9.17, 15) is 26.7 Å². The fourth-order valence-electron chi connectivity index (χ4n) is 4.00. The molecule has 0 aliphatic heterocycles. The highest BCUT2D eigenvalue weighted by Gasteiger charge is 2.37. The summed E-state index contributed by atoms with van der Waals surface area (Å²) in [6, 6.07) is 14.3. The van der Waals surface area contributed by atoms with Crippen molar-refractivity contribution in [1.29, 1.82) is 0 Å². The van der Waals surface area contributed by atoms with E-state index in [0.717, 1.165) is 9.87 Å². The Labute approximate surface area is 233 Å². The Morgan fingerprint density at radius 2 is 1.56 bits per heavy atom. The molecule has 0 aromatic heterocycles. The van der Waals surface area contributed by atoms with E-state index < -0.39 is 44.0 Å². The third-order valence-electron chi connectivity index (χ3n) is 6.26. The molecule has 0 saturated carbocycles. The van der Waals surface area contributed by atoms with Crippen molar-refractivity contribution >= 4 is 26.0 Å². The zero-order chi connectivity index (χ0) is 29.4. The van der Waals surface area contributed by atoms with Gasteiger partial charge in [-0.05, 0) is 42.2 Å². The van der Waals surface area contributed by atoms with Gasteiger partial charge in [-0.2, -0.15) is 4.31 Å². The molecule has 0 bridgehead atoms. The van der Waals surface area contributed by atoms with Gasteiger partial charge in [0.15, 0.2) is 0 Å². The molecule has 10 nitrogen and oxygen atoms in total. The zero-order valence-corrected chi connectivity index (χ0v) is 25.1. The van der Waals surface area contributed by atoms with Crippen molar-refractivity contribution in [2.45, 2.75) is 44.2 Å². The Balaban J connectivity index is 2.38. The molecule has 1 amide bonds. The first-order valence-corrected chi connectivity index (χ1v) is 15.8. The second-order valence-electron chi connectivity index (χ2n) is 10.2. The van der Waals surface area contributed by atoms with Crippen LogP contribution in [-0.4, -0.2) is 88.7 Å². The van der Waals surface area contributed by atoms with Crippen molar-refractivity contribution in [1.82, 2.24) is 13.9 Å². The van der Waals surface area contributed by atoms with Crippen molar-refractivity contribution in [3.8, 4) is 5.75 Å². The molecule has 2 aromatic carbocycles. The van der Waals surface area contributed by atoms with Crippen LogP contribution < -0.4 is 10.1 Å². The van der Waals surface area contributed by atoms with Crippen LogP contribution >= 0.6 is 0 Å². The molecular formula is C27H41N3O7S2.